The number of halogens is 1. The molecule has 0 saturated heterocycles. The number of benzene rings is 1. The van der Waals surface area contributed by atoms with Gasteiger partial charge in [-0.05, 0) is 44.7 Å². The molecule has 1 saturated carbocycles. The Balaban J connectivity index is 2.16. The van der Waals surface area contributed by atoms with E-state index in [9.17, 15) is 9.32 Å². The van der Waals surface area contributed by atoms with E-state index in [0.717, 1.165) is 32.1 Å². The van der Waals surface area contributed by atoms with Crippen LogP contribution in [-0.4, -0.2) is 18.7 Å². The van der Waals surface area contributed by atoms with Gasteiger partial charge in [-0.2, -0.15) is 0 Å². The number of methoxy groups -OCH3 is 1. The van der Waals surface area contributed by atoms with Gasteiger partial charge in [-0.3, -0.25) is 4.94 Å². The van der Waals surface area contributed by atoms with Gasteiger partial charge in [0.1, 0.15) is 16.9 Å². The van der Waals surface area contributed by atoms with Gasteiger partial charge >= 0.3 is 5.97 Å². The van der Waals surface area contributed by atoms with Crippen LogP contribution in [0.5, 0.6) is 11.5 Å². The minimum absolute atomic E-state index is 0.0695. The van der Waals surface area contributed by atoms with Crippen LogP contribution in [0.2, 0.25) is 0 Å². The highest BCUT2D eigenvalue weighted by Gasteiger charge is 2.32. The van der Waals surface area contributed by atoms with Crippen molar-refractivity contribution in [3.63, 3.8) is 0 Å². The molecule has 1 aromatic rings. The van der Waals surface area contributed by atoms with E-state index in [-0.39, 0.29) is 11.3 Å². The molecule has 5 heteroatoms. The van der Waals surface area contributed by atoms with Crippen molar-refractivity contribution in [1.82, 2.24) is 0 Å². The van der Waals surface area contributed by atoms with Gasteiger partial charge in [-0.1, -0.05) is 6.42 Å². The lowest BCUT2D eigenvalue weighted by Gasteiger charge is -2.33. The molecule has 1 aliphatic rings. The molecule has 4 nitrogen and oxygen atoms in total. The molecule has 2 rings (SSSR count). The molecule has 0 bridgehead atoms. The molecule has 0 radical (unpaired) electrons. The molecule has 1 aliphatic carbocycles. The monoisotopic (exact) mass is 282 g/mol. The second-order valence-corrected chi connectivity index (χ2v) is 5.34. The van der Waals surface area contributed by atoms with Crippen LogP contribution in [0.3, 0.4) is 0 Å². The highest BCUT2D eigenvalue weighted by atomic mass is 19.3. The highest BCUT2D eigenvalue weighted by Crippen LogP contribution is 2.33. The third kappa shape index (κ3) is 3.21. The number of rotatable bonds is 4. The van der Waals surface area contributed by atoms with Crippen molar-refractivity contribution in [2.75, 3.05) is 7.11 Å². The predicted molar refractivity (Wildman–Crippen MR) is 71.6 cm³/mol. The molecular weight excluding hydrogens is 263 g/mol. The van der Waals surface area contributed by atoms with Crippen LogP contribution in [0.4, 0.5) is 4.53 Å². The van der Waals surface area contributed by atoms with Crippen LogP contribution in [0.1, 0.15) is 49.4 Å². The Labute approximate surface area is 117 Å². The zero-order chi connectivity index (χ0) is 14.6. The van der Waals surface area contributed by atoms with Gasteiger partial charge in [0.15, 0.2) is 5.75 Å². The summed E-state index contributed by atoms with van der Waals surface area (Å²) >= 11 is 0. The summed E-state index contributed by atoms with van der Waals surface area (Å²) in [5, 5.41) is 0. The molecule has 0 aromatic heterocycles. The van der Waals surface area contributed by atoms with E-state index >= 15 is 0 Å². The average Bonchev–Trinajstić information content (AvgIpc) is 2.46. The Bertz CT molecular complexity index is 481. The Kier molecular flexibility index (Phi) is 4.47. The van der Waals surface area contributed by atoms with Crippen molar-refractivity contribution >= 4 is 5.97 Å². The smallest absolute Gasteiger partial charge is 0.342 e. The van der Waals surface area contributed by atoms with Crippen molar-refractivity contribution in [2.24, 2.45) is 0 Å². The van der Waals surface area contributed by atoms with E-state index in [1.165, 1.54) is 19.2 Å². The number of hydrogen-bond acceptors (Lipinski definition) is 4. The third-order valence-corrected chi connectivity index (χ3v) is 3.74. The normalized spacial score (nSPS) is 17.4. The molecular formula is C15H19FO4. The lowest BCUT2D eigenvalue weighted by molar-refractivity contribution is -0.0312. The summed E-state index contributed by atoms with van der Waals surface area (Å²) in [6.45, 7) is 1.92. The quantitative estimate of drug-likeness (QED) is 0.787. The Hall–Kier alpha value is -1.78. The van der Waals surface area contributed by atoms with Gasteiger partial charge in [0, 0.05) is 10.6 Å². The van der Waals surface area contributed by atoms with Crippen LogP contribution in [0.25, 0.3) is 0 Å². The van der Waals surface area contributed by atoms with E-state index < -0.39 is 11.6 Å². The van der Waals surface area contributed by atoms with Gasteiger partial charge in [0.25, 0.3) is 0 Å². The predicted octanol–water partition coefficient (Wildman–Crippen LogP) is 3.84. The second-order valence-electron chi connectivity index (χ2n) is 5.34. The van der Waals surface area contributed by atoms with Gasteiger partial charge in [0.2, 0.25) is 0 Å². The van der Waals surface area contributed by atoms with Gasteiger partial charge in [-0.25, -0.2) is 4.79 Å². The maximum Gasteiger partial charge on any atom is 0.342 e. The van der Waals surface area contributed by atoms with Crippen LogP contribution in [0, 0.1) is 0 Å². The lowest BCUT2D eigenvalue weighted by Crippen LogP contribution is -2.34. The van der Waals surface area contributed by atoms with E-state index in [1.54, 1.807) is 6.07 Å². The fraction of sp³-hybridized carbons (Fsp3) is 0.533. The molecule has 1 fully saturated rings. The largest absolute Gasteiger partial charge is 0.497 e. The van der Waals surface area contributed by atoms with E-state index in [2.05, 4.69) is 4.94 Å². The number of esters is 1. The van der Waals surface area contributed by atoms with Gasteiger partial charge < -0.3 is 9.47 Å². The van der Waals surface area contributed by atoms with Crippen LogP contribution in [-0.2, 0) is 4.74 Å². The molecule has 0 unspecified atom stereocenters. The molecule has 0 aliphatic heterocycles. The molecule has 0 spiro atoms. The van der Waals surface area contributed by atoms with Crippen molar-refractivity contribution in [3.8, 4) is 11.5 Å². The first-order valence-corrected chi connectivity index (χ1v) is 6.78. The second kappa shape index (κ2) is 6.11. The molecule has 20 heavy (non-hydrogen) atoms. The first kappa shape index (κ1) is 14.6. The molecule has 110 valence electrons. The topological polar surface area (TPSA) is 44.8 Å². The summed E-state index contributed by atoms with van der Waals surface area (Å²) < 4.78 is 23.1. The summed E-state index contributed by atoms with van der Waals surface area (Å²) in [7, 11) is 1.46. The van der Waals surface area contributed by atoms with Crippen molar-refractivity contribution in [3.05, 3.63) is 23.8 Å². The van der Waals surface area contributed by atoms with E-state index in [1.807, 2.05) is 6.92 Å². The van der Waals surface area contributed by atoms with Gasteiger partial charge in [-0.15, -0.1) is 0 Å². The van der Waals surface area contributed by atoms with Crippen LogP contribution < -0.4 is 9.68 Å². The molecule has 0 amide bonds. The summed E-state index contributed by atoms with van der Waals surface area (Å²) in [6, 6.07) is 4.34. The van der Waals surface area contributed by atoms with Crippen LogP contribution >= 0.6 is 0 Å². The SMILES string of the molecule is COc1ccc(C(=O)OC2(C)CCCCC2)c(OF)c1. The van der Waals surface area contributed by atoms with Crippen molar-refractivity contribution in [2.45, 2.75) is 44.6 Å². The van der Waals surface area contributed by atoms with Crippen molar-refractivity contribution < 1.29 is 23.7 Å². The molecule has 0 heterocycles. The maximum absolute atomic E-state index is 12.6. The van der Waals surface area contributed by atoms with Crippen LogP contribution in [0.15, 0.2) is 18.2 Å². The highest BCUT2D eigenvalue weighted by molar-refractivity contribution is 5.93. The number of ether oxygens (including phenoxy) is 2. The minimum atomic E-state index is -0.565. The fourth-order valence-electron chi connectivity index (χ4n) is 2.54. The number of carbonyl (C=O) groups is 1. The molecule has 0 atom stereocenters. The first-order valence-electron chi connectivity index (χ1n) is 6.78. The fourth-order valence-corrected chi connectivity index (χ4v) is 2.54. The Morgan fingerprint density at radius 2 is 1.95 bits per heavy atom. The Morgan fingerprint density at radius 3 is 2.55 bits per heavy atom. The third-order valence-electron chi connectivity index (χ3n) is 3.74. The summed E-state index contributed by atoms with van der Waals surface area (Å²) in [4.78, 5) is 15.9. The lowest BCUT2D eigenvalue weighted by atomic mass is 9.86. The van der Waals surface area contributed by atoms with Gasteiger partial charge in [0.05, 0.1) is 7.11 Å². The number of hydrogen-bond donors (Lipinski definition) is 0. The Morgan fingerprint density at radius 1 is 1.25 bits per heavy atom. The average molecular weight is 282 g/mol. The first-order chi connectivity index (χ1) is 9.58. The molecule has 1 aromatic carbocycles. The maximum atomic E-state index is 12.6. The number of carbonyl (C=O) groups excluding carboxylic acids is 1. The zero-order valence-corrected chi connectivity index (χ0v) is 11.8. The van der Waals surface area contributed by atoms with Crippen molar-refractivity contribution in [1.29, 1.82) is 0 Å². The standard InChI is InChI=1S/C15H19FO4/c1-15(8-4-3-5-9-15)19-14(17)12-7-6-11(18-2)10-13(12)20-16/h6-7,10H,3-5,8-9H2,1-2H3. The van der Waals surface area contributed by atoms with E-state index in [4.69, 9.17) is 9.47 Å². The summed E-state index contributed by atoms with van der Waals surface area (Å²) in [6.07, 6.45) is 4.91. The minimum Gasteiger partial charge on any atom is -0.497 e. The van der Waals surface area contributed by atoms with E-state index in [0.29, 0.717) is 5.75 Å². The molecule has 0 N–H and O–H groups in total. The summed E-state index contributed by atoms with van der Waals surface area (Å²) in [5.74, 6) is -0.337. The summed E-state index contributed by atoms with van der Waals surface area (Å²) in [5.41, 5.74) is -0.400. The zero-order valence-electron chi connectivity index (χ0n) is 11.8.